The summed E-state index contributed by atoms with van der Waals surface area (Å²) in [7, 11) is 0. The van der Waals surface area contributed by atoms with Gasteiger partial charge in [0, 0.05) is 38.7 Å². The second kappa shape index (κ2) is 11.7. The van der Waals surface area contributed by atoms with E-state index in [2.05, 4.69) is 193 Å². The van der Waals surface area contributed by atoms with Gasteiger partial charge >= 0.3 is 0 Å². The summed E-state index contributed by atoms with van der Waals surface area (Å²) < 4.78 is 0. The van der Waals surface area contributed by atoms with Crippen LogP contribution in [0.5, 0.6) is 0 Å². The molecule has 3 nitrogen and oxygen atoms in total. The van der Waals surface area contributed by atoms with Crippen LogP contribution < -0.4 is 4.90 Å². The summed E-state index contributed by atoms with van der Waals surface area (Å²) in [5.41, 5.74) is 12.2. The number of aromatic nitrogens is 2. The van der Waals surface area contributed by atoms with E-state index in [1.807, 2.05) is 0 Å². The van der Waals surface area contributed by atoms with Gasteiger partial charge in [-0.05, 0) is 80.5 Å². The molecule has 0 saturated carbocycles. The summed E-state index contributed by atoms with van der Waals surface area (Å²) in [5.74, 6) is 0.720. The quantitative estimate of drug-likeness (QED) is 0.186. The number of anilines is 3. The number of benzene rings is 9. The first-order valence-electron chi connectivity index (χ1n) is 18.1. The summed E-state index contributed by atoms with van der Waals surface area (Å²) in [6, 6.07) is 67.5. The number of nitrogens with zero attached hydrogens (tertiary/aromatic N) is 3. The topological polar surface area (TPSA) is 29.0 Å². The fraction of sp³-hybridized carbons (Fsp3) is 0. The first kappa shape index (κ1) is 29.6. The monoisotopic (exact) mass is 673 g/mol. The van der Waals surface area contributed by atoms with Crippen molar-refractivity contribution in [2.75, 3.05) is 4.90 Å². The Labute approximate surface area is 307 Å². The van der Waals surface area contributed by atoms with Crippen molar-refractivity contribution in [2.24, 2.45) is 0 Å². The van der Waals surface area contributed by atoms with Gasteiger partial charge in [0.1, 0.15) is 0 Å². The third-order valence-electron chi connectivity index (χ3n) is 10.8. The number of hydrogen-bond acceptors (Lipinski definition) is 3. The molecule has 3 heteroatoms. The maximum atomic E-state index is 5.38. The van der Waals surface area contributed by atoms with Crippen molar-refractivity contribution in [3.63, 3.8) is 0 Å². The van der Waals surface area contributed by atoms with Gasteiger partial charge in [-0.1, -0.05) is 146 Å². The molecule has 1 aliphatic rings. The lowest BCUT2D eigenvalue weighted by Gasteiger charge is -2.35. The second-order valence-corrected chi connectivity index (χ2v) is 13.8. The van der Waals surface area contributed by atoms with Crippen molar-refractivity contribution < 1.29 is 0 Å². The van der Waals surface area contributed by atoms with Crippen molar-refractivity contribution in [1.29, 1.82) is 0 Å². The van der Waals surface area contributed by atoms with Gasteiger partial charge in [0.15, 0.2) is 5.82 Å². The molecule has 0 bridgehead atoms. The van der Waals surface area contributed by atoms with Crippen LogP contribution in [0.25, 0.3) is 88.1 Å². The Hall–Kier alpha value is -7.10. The summed E-state index contributed by atoms with van der Waals surface area (Å²) in [6.45, 7) is 0. The predicted octanol–water partition coefficient (Wildman–Crippen LogP) is 13.5. The Balaban J connectivity index is 1.16. The molecule has 0 fully saturated rings. The molecule has 0 unspecified atom stereocenters. The van der Waals surface area contributed by atoms with Crippen LogP contribution in [-0.2, 0) is 0 Å². The van der Waals surface area contributed by atoms with E-state index < -0.39 is 0 Å². The molecule has 9 aromatic carbocycles. The molecule has 1 aliphatic heterocycles. The Morgan fingerprint density at radius 1 is 0.377 bits per heavy atom. The van der Waals surface area contributed by atoms with E-state index in [9.17, 15) is 0 Å². The highest BCUT2D eigenvalue weighted by Gasteiger charge is 2.30. The van der Waals surface area contributed by atoms with E-state index in [1.165, 1.54) is 54.9 Å². The molecule has 0 N–H and O–H groups in total. The molecular formula is C50H31N3. The number of hydrogen-bond donors (Lipinski definition) is 0. The van der Waals surface area contributed by atoms with Crippen LogP contribution in [0, 0.1) is 0 Å². The van der Waals surface area contributed by atoms with Crippen LogP contribution in [0.4, 0.5) is 17.1 Å². The van der Waals surface area contributed by atoms with Crippen molar-refractivity contribution in [3.05, 3.63) is 188 Å². The minimum atomic E-state index is 0.720. The normalized spacial score (nSPS) is 12.1. The molecule has 11 rings (SSSR count). The summed E-state index contributed by atoms with van der Waals surface area (Å²) >= 11 is 0. The van der Waals surface area contributed by atoms with Crippen molar-refractivity contribution >= 4 is 60.3 Å². The van der Waals surface area contributed by atoms with Crippen LogP contribution in [0.1, 0.15) is 0 Å². The molecule has 1 aromatic heterocycles. The highest BCUT2D eigenvalue weighted by atomic mass is 15.2. The Bertz CT molecular complexity index is 3070. The number of fused-ring (bicyclic) bond motifs is 5. The maximum absolute atomic E-state index is 5.38. The highest BCUT2D eigenvalue weighted by Crippen LogP contribution is 2.55. The molecule has 0 amide bonds. The Morgan fingerprint density at radius 3 is 1.81 bits per heavy atom. The second-order valence-electron chi connectivity index (χ2n) is 13.8. The van der Waals surface area contributed by atoms with Gasteiger partial charge in [-0.25, -0.2) is 9.97 Å². The molecule has 0 atom stereocenters. The molecule has 0 spiro atoms. The Kier molecular flexibility index (Phi) is 6.55. The zero-order valence-corrected chi connectivity index (χ0v) is 28.7. The zero-order chi connectivity index (χ0) is 34.9. The van der Waals surface area contributed by atoms with Gasteiger partial charge in [0.05, 0.1) is 22.6 Å². The van der Waals surface area contributed by atoms with E-state index in [0.717, 1.165) is 50.3 Å². The third kappa shape index (κ3) is 4.68. The average molecular weight is 674 g/mol. The largest absolute Gasteiger partial charge is 0.309 e. The van der Waals surface area contributed by atoms with E-state index >= 15 is 0 Å². The van der Waals surface area contributed by atoms with Crippen LogP contribution in [0.3, 0.4) is 0 Å². The third-order valence-corrected chi connectivity index (χ3v) is 10.8. The fourth-order valence-electron chi connectivity index (χ4n) is 8.30. The molecule has 2 heterocycles. The van der Waals surface area contributed by atoms with Crippen LogP contribution in [0.2, 0.25) is 0 Å². The van der Waals surface area contributed by atoms with Crippen molar-refractivity contribution in [2.45, 2.75) is 0 Å². The van der Waals surface area contributed by atoms with Crippen LogP contribution >= 0.6 is 0 Å². The van der Waals surface area contributed by atoms with E-state index in [-0.39, 0.29) is 0 Å². The molecule has 0 radical (unpaired) electrons. The van der Waals surface area contributed by atoms with Crippen molar-refractivity contribution in [3.8, 4) is 44.9 Å². The van der Waals surface area contributed by atoms with Gasteiger partial charge < -0.3 is 4.90 Å². The highest BCUT2D eigenvalue weighted by molar-refractivity contribution is 6.19. The van der Waals surface area contributed by atoms with Crippen molar-refractivity contribution in [1.82, 2.24) is 9.97 Å². The SMILES string of the molecule is c1ccc(N2c3c(-c4ccc5ccccc5c4)cccc3-c3cccc4c(-c5nc(-c6ccc7ccccc7c6)c6ccccc6n5)ccc2c34)cc1. The van der Waals surface area contributed by atoms with E-state index in [0.29, 0.717) is 0 Å². The first-order chi connectivity index (χ1) is 26.3. The summed E-state index contributed by atoms with van der Waals surface area (Å²) in [4.78, 5) is 13.0. The lowest BCUT2D eigenvalue weighted by molar-refractivity contribution is 1.23. The smallest absolute Gasteiger partial charge is 0.161 e. The molecule has 246 valence electrons. The van der Waals surface area contributed by atoms with Gasteiger partial charge in [-0.3, -0.25) is 0 Å². The van der Waals surface area contributed by atoms with Gasteiger partial charge in [0.25, 0.3) is 0 Å². The minimum Gasteiger partial charge on any atom is -0.309 e. The summed E-state index contributed by atoms with van der Waals surface area (Å²) in [6.07, 6.45) is 0. The van der Waals surface area contributed by atoms with Gasteiger partial charge in [-0.2, -0.15) is 0 Å². The van der Waals surface area contributed by atoms with Crippen LogP contribution in [-0.4, -0.2) is 9.97 Å². The minimum absolute atomic E-state index is 0.720. The number of rotatable bonds is 4. The molecular weight excluding hydrogens is 643 g/mol. The lowest BCUT2D eigenvalue weighted by Crippen LogP contribution is -2.16. The first-order valence-corrected chi connectivity index (χ1v) is 18.1. The Morgan fingerprint density at radius 2 is 1.00 bits per heavy atom. The average Bonchev–Trinajstić information content (AvgIpc) is 3.23. The van der Waals surface area contributed by atoms with E-state index in [1.54, 1.807) is 0 Å². The summed E-state index contributed by atoms with van der Waals surface area (Å²) in [5, 5.41) is 8.24. The molecule has 0 aliphatic carbocycles. The molecule has 0 saturated heterocycles. The lowest BCUT2D eigenvalue weighted by atomic mass is 9.86. The van der Waals surface area contributed by atoms with Gasteiger partial charge in [0.2, 0.25) is 0 Å². The fourth-order valence-corrected chi connectivity index (χ4v) is 8.30. The van der Waals surface area contributed by atoms with Gasteiger partial charge in [-0.15, -0.1) is 0 Å². The zero-order valence-electron chi connectivity index (χ0n) is 28.7. The number of para-hydroxylation sites is 3. The molecule has 10 aromatic rings. The van der Waals surface area contributed by atoms with Crippen LogP contribution in [0.15, 0.2) is 188 Å². The predicted molar refractivity (Wildman–Crippen MR) is 222 cm³/mol. The maximum Gasteiger partial charge on any atom is 0.161 e. The standard InChI is InChI=1S/C50H31N3/c1-2-16-38(17-3-1)53-46-29-28-43(50-51-45-23-9-8-18-44(45)48(52-50)37-27-25-33-13-5-7-15-35(33)31-37)41-21-11-20-40(47(41)46)42-22-10-19-39(49(42)53)36-26-24-32-12-4-6-14-34(32)30-36/h1-31H. The molecule has 53 heavy (non-hydrogen) atoms. The van der Waals surface area contributed by atoms with E-state index in [4.69, 9.17) is 9.97 Å².